The number of benzene rings is 1. The van der Waals surface area contributed by atoms with Gasteiger partial charge in [0.25, 0.3) is 0 Å². The summed E-state index contributed by atoms with van der Waals surface area (Å²) in [6, 6.07) is 11.5. The van der Waals surface area contributed by atoms with Crippen LogP contribution in [0.5, 0.6) is 0 Å². The molecule has 2 rings (SSSR count). The van der Waals surface area contributed by atoms with Crippen molar-refractivity contribution in [2.45, 2.75) is 32.7 Å². The maximum Gasteiger partial charge on any atom is 0.0331 e. The molecule has 18 heavy (non-hydrogen) atoms. The molecule has 0 bridgehead atoms. The van der Waals surface area contributed by atoms with Crippen molar-refractivity contribution in [3.63, 3.8) is 0 Å². The van der Waals surface area contributed by atoms with Crippen molar-refractivity contribution < 1.29 is 0 Å². The molecule has 0 amide bonds. The molecule has 0 radical (unpaired) electrons. The third-order valence-corrected chi connectivity index (χ3v) is 3.90. The summed E-state index contributed by atoms with van der Waals surface area (Å²) in [5.41, 5.74) is 4.21. The van der Waals surface area contributed by atoms with Gasteiger partial charge in [0.1, 0.15) is 0 Å². The zero-order chi connectivity index (χ0) is 12.8. The molecule has 96 valence electrons. The van der Waals surface area contributed by atoms with Crippen molar-refractivity contribution in [2.24, 2.45) is 0 Å². The lowest BCUT2D eigenvalue weighted by Crippen LogP contribution is -2.21. The van der Waals surface area contributed by atoms with Crippen molar-refractivity contribution in [3.05, 3.63) is 57.8 Å². The lowest BCUT2D eigenvalue weighted by Gasteiger charge is -2.17. The third kappa shape index (κ3) is 3.69. The quantitative estimate of drug-likeness (QED) is 0.813. The van der Waals surface area contributed by atoms with Crippen LogP contribution in [0.3, 0.4) is 0 Å². The minimum Gasteiger partial charge on any atom is -0.310 e. The molecule has 0 aliphatic rings. The highest BCUT2D eigenvalue weighted by Gasteiger charge is 2.10. The first kappa shape index (κ1) is 13.3. The Bertz CT molecular complexity index is 462. The van der Waals surface area contributed by atoms with Crippen LogP contribution in [0.4, 0.5) is 0 Å². The van der Waals surface area contributed by atoms with Gasteiger partial charge in [-0.2, -0.15) is 11.3 Å². The van der Waals surface area contributed by atoms with Crippen LogP contribution < -0.4 is 5.32 Å². The number of thiophene rings is 1. The minimum absolute atomic E-state index is 0.488. The fourth-order valence-electron chi connectivity index (χ4n) is 2.28. The molecule has 1 aromatic carbocycles. The van der Waals surface area contributed by atoms with Crippen LogP contribution in [0.1, 0.15) is 36.1 Å². The number of hydrogen-bond donors (Lipinski definition) is 1. The van der Waals surface area contributed by atoms with Gasteiger partial charge < -0.3 is 5.32 Å². The monoisotopic (exact) mass is 259 g/mol. The van der Waals surface area contributed by atoms with E-state index < -0.39 is 0 Å². The molecule has 0 saturated heterocycles. The van der Waals surface area contributed by atoms with Crippen LogP contribution in [0, 0.1) is 6.92 Å². The van der Waals surface area contributed by atoms with E-state index in [2.05, 4.69) is 60.3 Å². The zero-order valence-electron chi connectivity index (χ0n) is 11.1. The second-order valence-corrected chi connectivity index (χ2v) is 5.47. The first-order valence-corrected chi connectivity index (χ1v) is 7.55. The Morgan fingerprint density at radius 1 is 1.28 bits per heavy atom. The maximum absolute atomic E-state index is 3.58. The van der Waals surface area contributed by atoms with Crippen molar-refractivity contribution in [3.8, 4) is 0 Å². The van der Waals surface area contributed by atoms with Crippen molar-refractivity contribution >= 4 is 11.3 Å². The Labute approximate surface area is 114 Å². The normalized spacial score (nSPS) is 12.6. The summed E-state index contributed by atoms with van der Waals surface area (Å²) < 4.78 is 0. The highest BCUT2D eigenvalue weighted by Crippen LogP contribution is 2.21. The number of aryl methyl sites for hydroxylation is 2. The molecular formula is C16H21NS. The predicted molar refractivity (Wildman–Crippen MR) is 80.2 cm³/mol. The molecule has 0 aliphatic carbocycles. The van der Waals surface area contributed by atoms with Gasteiger partial charge in [-0.25, -0.2) is 0 Å². The first-order chi connectivity index (χ1) is 8.79. The molecular weight excluding hydrogens is 238 g/mol. The highest BCUT2D eigenvalue weighted by molar-refractivity contribution is 7.07. The smallest absolute Gasteiger partial charge is 0.0331 e. The summed E-state index contributed by atoms with van der Waals surface area (Å²) in [5.74, 6) is 0. The van der Waals surface area contributed by atoms with Crippen molar-refractivity contribution in [2.75, 3.05) is 6.54 Å². The fourth-order valence-corrected chi connectivity index (χ4v) is 3.00. The van der Waals surface area contributed by atoms with Gasteiger partial charge in [-0.1, -0.05) is 36.8 Å². The standard InChI is InChI=1S/C16H21NS/c1-3-17-16(15-9-10-18-12-15)8-7-14-6-4-5-13(2)11-14/h4-6,9-12,16-17H,3,7-8H2,1-2H3. The van der Waals surface area contributed by atoms with Gasteiger partial charge in [0.15, 0.2) is 0 Å². The van der Waals surface area contributed by atoms with Gasteiger partial charge in [0.05, 0.1) is 0 Å². The molecule has 2 heteroatoms. The van der Waals surface area contributed by atoms with Crippen LogP contribution >= 0.6 is 11.3 Å². The summed E-state index contributed by atoms with van der Waals surface area (Å²) in [6.07, 6.45) is 2.29. The fraction of sp³-hybridized carbons (Fsp3) is 0.375. The topological polar surface area (TPSA) is 12.0 Å². The lowest BCUT2D eigenvalue weighted by molar-refractivity contribution is 0.516. The summed E-state index contributed by atoms with van der Waals surface area (Å²) in [5, 5.41) is 7.99. The number of nitrogens with one attached hydrogen (secondary N) is 1. The summed E-state index contributed by atoms with van der Waals surface area (Å²) in [6.45, 7) is 5.35. The Morgan fingerprint density at radius 3 is 2.83 bits per heavy atom. The molecule has 1 heterocycles. The second-order valence-electron chi connectivity index (χ2n) is 4.69. The van der Waals surface area contributed by atoms with Crippen LogP contribution in [-0.4, -0.2) is 6.54 Å². The highest BCUT2D eigenvalue weighted by atomic mass is 32.1. The van der Waals surface area contributed by atoms with Crippen LogP contribution in [-0.2, 0) is 6.42 Å². The van der Waals surface area contributed by atoms with E-state index in [1.165, 1.54) is 16.7 Å². The van der Waals surface area contributed by atoms with Crippen molar-refractivity contribution in [1.29, 1.82) is 0 Å². The largest absolute Gasteiger partial charge is 0.310 e. The van der Waals surface area contributed by atoms with E-state index in [4.69, 9.17) is 0 Å². The van der Waals surface area contributed by atoms with E-state index in [1.54, 1.807) is 11.3 Å². The SMILES string of the molecule is CCNC(CCc1cccc(C)c1)c1ccsc1. The van der Waals surface area contributed by atoms with E-state index >= 15 is 0 Å². The molecule has 0 spiro atoms. The Balaban J connectivity index is 1.98. The van der Waals surface area contributed by atoms with Gasteiger partial charge in [0, 0.05) is 6.04 Å². The number of hydrogen-bond acceptors (Lipinski definition) is 2. The summed E-state index contributed by atoms with van der Waals surface area (Å²) in [4.78, 5) is 0. The van der Waals surface area contributed by atoms with Gasteiger partial charge >= 0.3 is 0 Å². The van der Waals surface area contributed by atoms with Gasteiger partial charge in [-0.3, -0.25) is 0 Å². The Kier molecular flexibility index (Phi) is 4.97. The summed E-state index contributed by atoms with van der Waals surface area (Å²) >= 11 is 1.78. The average Bonchev–Trinajstić information content (AvgIpc) is 2.88. The van der Waals surface area contributed by atoms with Crippen LogP contribution in [0.2, 0.25) is 0 Å². The molecule has 1 aromatic heterocycles. The van der Waals surface area contributed by atoms with Gasteiger partial charge in [-0.15, -0.1) is 0 Å². The van der Waals surface area contributed by atoms with Crippen LogP contribution in [0.25, 0.3) is 0 Å². The van der Waals surface area contributed by atoms with Gasteiger partial charge in [0.2, 0.25) is 0 Å². The molecule has 1 nitrogen and oxygen atoms in total. The molecule has 0 saturated carbocycles. The van der Waals surface area contributed by atoms with E-state index in [-0.39, 0.29) is 0 Å². The van der Waals surface area contributed by atoms with E-state index in [0.717, 1.165) is 19.4 Å². The molecule has 2 aromatic rings. The second kappa shape index (κ2) is 6.72. The van der Waals surface area contributed by atoms with Gasteiger partial charge in [-0.05, 0) is 54.3 Å². The molecule has 1 atom stereocenters. The Hall–Kier alpha value is -1.12. The van der Waals surface area contributed by atoms with Crippen molar-refractivity contribution in [1.82, 2.24) is 5.32 Å². The predicted octanol–water partition coefficient (Wildman–Crippen LogP) is 4.34. The first-order valence-electron chi connectivity index (χ1n) is 6.60. The molecule has 0 fully saturated rings. The van der Waals surface area contributed by atoms with E-state index in [1.807, 2.05) is 0 Å². The molecule has 1 N–H and O–H groups in total. The van der Waals surface area contributed by atoms with Crippen LogP contribution in [0.15, 0.2) is 41.1 Å². The third-order valence-electron chi connectivity index (χ3n) is 3.20. The van der Waals surface area contributed by atoms with E-state index in [0.29, 0.717) is 6.04 Å². The maximum atomic E-state index is 3.58. The lowest BCUT2D eigenvalue weighted by atomic mass is 10.00. The molecule has 0 aliphatic heterocycles. The minimum atomic E-state index is 0.488. The Morgan fingerprint density at radius 2 is 2.17 bits per heavy atom. The molecule has 1 unspecified atom stereocenters. The number of rotatable bonds is 6. The average molecular weight is 259 g/mol. The van der Waals surface area contributed by atoms with E-state index in [9.17, 15) is 0 Å². The summed E-state index contributed by atoms with van der Waals surface area (Å²) in [7, 11) is 0. The zero-order valence-corrected chi connectivity index (χ0v) is 12.0.